The highest BCUT2D eigenvalue weighted by molar-refractivity contribution is 9.10. The van der Waals surface area contributed by atoms with Crippen LogP contribution in [0.3, 0.4) is 0 Å². The van der Waals surface area contributed by atoms with Crippen molar-refractivity contribution in [2.75, 3.05) is 6.61 Å². The van der Waals surface area contributed by atoms with E-state index in [4.69, 9.17) is 4.74 Å². The van der Waals surface area contributed by atoms with Gasteiger partial charge in [-0.3, -0.25) is 0 Å². The summed E-state index contributed by atoms with van der Waals surface area (Å²) in [7, 11) is 0. The number of rotatable bonds is 3. The minimum Gasteiger partial charge on any atom is -0.462 e. The van der Waals surface area contributed by atoms with Crippen molar-refractivity contribution in [2.45, 2.75) is 13.1 Å². The van der Waals surface area contributed by atoms with Crippen LogP contribution in [0, 0.1) is 0 Å². The minimum atomic E-state index is -4.60. The Balaban J connectivity index is 2.46. The van der Waals surface area contributed by atoms with Crippen molar-refractivity contribution in [3.05, 3.63) is 40.3 Å². The Kier molecular flexibility index (Phi) is 4.31. The van der Waals surface area contributed by atoms with E-state index in [-0.39, 0.29) is 16.6 Å². The number of esters is 1. The van der Waals surface area contributed by atoms with E-state index in [1.807, 2.05) is 0 Å². The van der Waals surface area contributed by atoms with Gasteiger partial charge in [-0.15, -0.1) is 0 Å². The summed E-state index contributed by atoms with van der Waals surface area (Å²) in [5, 5.41) is 3.73. The number of hydrogen-bond acceptors (Lipinski definition) is 4. The fourth-order valence-electron chi connectivity index (χ4n) is 1.58. The predicted octanol–water partition coefficient (Wildman–Crippen LogP) is 3.23. The summed E-state index contributed by atoms with van der Waals surface area (Å²) in [4.78, 5) is 15.2. The van der Waals surface area contributed by atoms with Crippen LogP contribution in [0.2, 0.25) is 0 Å². The molecule has 2 rings (SSSR count). The standard InChI is InChI=1S/C12H9BrF3N3O2/c1-2-21-11(20)7-4-18-19(6-7)10-9(12(14,15)16)3-8(13)5-17-10/h3-6H,2H2,1H3. The van der Waals surface area contributed by atoms with Gasteiger partial charge in [0.1, 0.15) is 5.56 Å². The summed E-state index contributed by atoms with van der Waals surface area (Å²) in [6, 6.07) is 0.897. The second-order valence-corrected chi connectivity index (χ2v) is 4.83. The van der Waals surface area contributed by atoms with Crippen LogP contribution in [0.15, 0.2) is 29.1 Å². The van der Waals surface area contributed by atoms with Crippen molar-refractivity contribution in [1.82, 2.24) is 14.8 Å². The third-order valence-electron chi connectivity index (χ3n) is 2.45. The van der Waals surface area contributed by atoms with Crippen molar-refractivity contribution in [2.24, 2.45) is 0 Å². The van der Waals surface area contributed by atoms with Gasteiger partial charge in [0.2, 0.25) is 0 Å². The molecule has 0 amide bonds. The van der Waals surface area contributed by atoms with Gasteiger partial charge in [0, 0.05) is 16.9 Å². The van der Waals surface area contributed by atoms with Crippen LogP contribution >= 0.6 is 15.9 Å². The van der Waals surface area contributed by atoms with Gasteiger partial charge in [-0.2, -0.15) is 18.3 Å². The Morgan fingerprint density at radius 3 is 2.76 bits per heavy atom. The van der Waals surface area contributed by atoms with Crippen LogP contribution in [-0.4, -0.2) is 27.3 Å². The maximum absolute atomic E-state index is 13.0. The molecule has 0 aromatic carbocycles. The number of ether oxygens (including phenoxy) is 1. The molecule has 5 nitrogen and oxygen atoms in total. The van der Waals surface area contributed by atoms with Gasteiger partial charge < -0.3 is 4.74 Å². The summed E-state index contributed by atoms with van der Waals surface area (Å²) in [5.74, 6) is -1.07. The molecule has 0 saturated carbocycles. The molecule has 21 heavy (non-hydrogen) atoms. The van der Waals surface area contributed by atoms with Crippen molar-refractivity contribution < 1.29 is 22.7 Å². The molecule has 0 aliphatic heterocycles. The summed E-state index contributed by atoms with van der Waals surface area (Å²) >= 11 is 2.94. The van der Waals surface area contributed by atoms with Gasteiger partial charge in [0.15, 0.2) is 5.82 Å². The number of aromatic nitrogens is 3. The van der Waals surface area contributed by atoms with Crippen LogP contribution in [0.1, 0.15) is 22.8 Å². The highest BCUT2D eigenvalue weighted by atomic mass is 79.9. The average Bonchev–Trinajstić information content (AvgIpc) is 2.87. The predicted molar refractivity (Wildman–Crippen MR) is 70.0 cm³/mol. The first kappa shape index (κ1) is 15.5. The number of nitrogens with zero attached hydrogens (tertiary/aromatic N) is 3. The van der Waals surface area contributed by atoms with Crippen LogP contribution in [0.5, 0.6) is 0 Å². The number of halogens is 4. The van der Waals surface area contributed by atoms with Crippen molar-refractivity contribution in [1.29, 1.82) is 0 Å². The molecule has 2 aromatic heterocycles. The summed E-state index contributed by atoms with van der Waals surface area (Å²) in [6.45, 7) is 1.79. The normalized spacial score (nSPS) is 11.5. The smallest absolute Gasteiger partial charge is 0.420 e. The molecule has 0 radical (unpaired) electrons. The molecule has 0 spiro atoms. The maximum atomic E-state index is 13.0. The number of alkyl halides is 3. The highest BCUT2D eigenvalue weighted by Gasteiger charge is 2.35. The Hall–Kier alpha value is -1.90. The fraction of sp³-hybridized carbons (Fsp3) is 0.250. The molecular formula is C12H9BrF3N3O2. The lowest BCUT2D eigenvalue weighted by atomic mass is 10.2. The first-order chi connectivity index (χ1) is 9.82. The lowest BCUT2D eigenvalue weighted by Crippen LogP contribution is -2.13. The first-order valence-corrected chi connectivity index (χ1v) is 6.57. The lowest BCUT2D eigenvalue weighted by molar-refractivity contribution is -0.137. The second kappa shape index (κ2) is 5.84. The molecule has 0 fully saturated rings. The molecule has 0 atom stereocenters. The van der Waals surface area contributed by atoms with E-state index in [0.717, 1.165) is 23.1 Å². The van der Waals surface area contributed by atoms with Crippen molar-refractivity contribution in [3.63, 3.8) is 0 Å². The zero-order valence-corrected chi connectivity index (χ0v) is 12.3. The highest BCUT2D eigenvalue weighted by Crippen LogP contribution is 2.34. The SMILES string of the molecule is CCOC(=O)c1cnn(-c2ncc(Br)cc2C(F)(F)F)c1. The number of hydrogen-bond donors (Lipinski definition) is 0. The quantitative estimate of drug-likeness (QED) is 0.785. The van der Waals surface area contributed by atoms with Crippen molar-refractivity contribution >= 4 is 21.9 Å². The molecule has 112 valence electrons. The first-order valence-electron chi connectivity index (χ1n) is 5.78. The zero-order valence-electron chi connectivity index (χ0n) is 10.7. The Morgan fingerprint density at radius 1 is 1.43 bits per heavy atom. The van der Waals surface area contributed by atoms with E-state index < -0.39 is 23.5 Å². The molecule has 0 bridgehead atoms. The largest absolute Gasteiger partial charge is 0.462 e. The van der Waals surface area contributed by atoms with Gasteiger partial charge in [-0.05, 0) is 28.9 Å². The number of pyridine rings is 1. The van der Waals surface area contributed by atoms with Crippen LogP contribution in [0.25, 0.3) is 5.82 Å². The van der Waals surface area contributed by atoms with Crippen molar-refractivity contribution in [3.8, 4) is 5.82 Å². The third-order valence-corrected chi connectivity index (χ3v) is 2.88. The summed E-state index contributed by atoms with van der Waals surface area (Å²) in [5.41, 5.74) is -0.912. The molecule has 2 aromatic rings. The second-order valence-electron chi connectivity index (χ2n) is 3.92. The molecule has 2 heterocycles. The van der Waals surface area contributed by atoms with Gasteiger partial charge in [-0.25, -0.2) is 14.5 Å². The lowest BCUT2D eigenvalue weighted by Gasteiger charge is -2.11. The molecule has 0 unspecified atom stereocenters. The van der Waals surface area contributed by atoms with E-state index in [2.05, 4.69) is 26.0 Å². The van der Waals surface area contributed by atoms with E-state index in [0.29, 0.717) is 0 Å². The number of carbonyl (C=O) groups is 1. The van der Waals surface area contributed by atoms with E-state index in [1.54, 1.807) is 6.92 Å². The molecule has 0 saturated heterocycles. The van der Waals surface area contributed by atoms with E-state index in [9.17, 15) is 18.0 Å². The molecule has 0 aliphatic carbocycles. The maximum Gasteiger partial charge on any atom is 0.420 e. The third kappa shape index (κ3) is 3.41. The fourth-order valence-corrected chi connectivity index (χ4v) is 1.91. The Morgan fingerprint density at radius 2 is 2.14 bits per heavy atom. The Bertz CT molecular complexity index is 670. The molecule has 9 heteroatoms. The Labute approximate surface area is 125 Å². The summed E-state index contributed by atoms with van der Waals surface area (Å²) in [6.07, 6.45) is -1.11. The van der Waals surface area contributed by atoms with Crippen LogP contribution in [0.4, 0.5) is 13.2 Å². The van der Waals surface area contributed by atoms with Gasteiger partial charge in [-0.1, -0.05) is 0 Å². The summed E-state index contributed by atoms with van der Waals surface area (Å²) < 4.78 is 44.9. The van der Waals surface area contributed by atoms with Gasteiger partial charge in [0.25, 0.3) is 0 Å². The van der Waals surface area contributed by atoms with E-state index in [1.165, 1.54) is 6.20 Å². The molecular weight excluding hydrogens is 355 g/mol. The molecule has 0 N–H and O–H groups in total. The zero-order chi connectivity index (χ0) is 15.6. The number of carbonyl (C=O) groups excluding carboxylic acids is 1. The van der Waals surface area contributed by atoms with Gasteiger partial charge >= 0.3 is 12.1 Å². The van der Waals surface area contributed by atoms with E-state index >= 15 is 0 Å². The monoisotopic (exact) mass is 363 g/mol. The van der Waals surface area contributed by atoms with Crippen LogP contribution in [-0.2, 0) is 10.9 Å². The average molecular weight is 364 g/mol. The minimum absolute atomic E-state index is 0.0506. The molecule has 0 aliphatic rings. The van der Waals surface area contributed by atoms with Gasteiger partial charge in [0.05, 0.1) is 18.4 Å². The van der Waals surface area contributed by atoms with Crippen LogP contribution < -0.4 is 0 Å². The topological polar surface area (TPSA) is 57.0 Å².